The predicted molar refractivity (Wildman–Crippen MR) is 72.8 cm³/mol. The van der Waals surface area contributed by atoms with E-state index in [1.54, 1.807) is 11.3 Å². The average molecular weight is 282 g/mol. The molecule has 0 saturated heterocycles. The summed E-state index contributed by atoms with van der Waals surface area (Å²) in [4.78, 5) is 5.65. The van der Waals surface area contributed by atoms with Crippen molar-refractivity contribution in [3.05, 3.63) is 28.8 Å². The minimum Gasteiger partial charge on any atom is -0.486 e. The number of hydrogen-bond donors (Lipinski definition) is 0. The Bertz CT molecular complexity index is 582. The lowest BCUT2D eigenvalue weighted by atomic mass is 10.2. The van der Waals surface area contributed by atoms with Gasteiger partial charge in [0.15, 0.2) is 11.5 Å². The first kappa shape index (κ1) is 11.8. The Morgan fingerprint density at radius 3 is 2.78 bits per heavy atom. The summed E-state index contributed by atoms with van der Waals surface area (Å²) in [5, 5.41) is 0.972. The van der Waals surface area contributed by atoms with Crippen molar-refractivity contribution in [1.82, 2.24) is 4.98 Å². The highest BCUT2D eigenvalue weighted by atomic mass is 35.5. The van der Waals surface area contributed by atoms with E-state index < -0.39 is 0 Å². The Balaban J connectivity index is 2.00. The molecule has 5 heteroatoms. The van der Waals surface area contributed by atoms with Gasteiger partial charge in [0.1, 0.15) is 18.2 Å². The number of aromatic nitrogens is 1. The number of benzene rings is 1. The van der Waals surface area contributed by atoms with Crippen LogP contribution in [0, 0.1) is 6.92 Å². The minimum absolute atomic E-state index is 0.508. The Labute approximate surface area is 114 Å². The maximum atomic E-state index is 5.87. The summed E-state index contributed by atoms with van der Waals surface area (Å²) >= 11 is 7.50. The highest BCUT2D eigenvalue weighted by Crippen LogP contribution is 2.36. The smallest absolute Gasteiger partial charge is 0.162 e. The number of aryl methyl sites for hydroxylation is 1. The van der Waals surface area contributed by atoms with E-state index in [1.807, 2.05) is 25.1 Å². The van der Waals surface area contributed by atoms with Crippen molar-refractivity contribution >= 4 is 22.9 Å². The van der Waals surface area contributed by atoms with Crippen molar-refractivity contribution in [1.29, 1.82) is 0 Å². The Morgan fingerprint density at radius 2 is 2.06 bits per heavy atom. The number of fused-ring (bicyclic) bond motifs is 1. The van der Waals surface area contributed by atoms with E-state index in [2.05, 4.69) is 4.98 Å². The number of nitrogens with zero attached hydrogens (tertiary/aromatic N) is 1. The van der Waals surface area contributed by atoms with E-state index in [4.69, 9.17) is 21.1 Å². The van der Waals surface area contributed by atoms with Gasteiger partial charge in [-0.25, -0.2) is 4.98 Å². The Hall–Kier alpha value is -1.26. The molecule has 0 unspecified atom stereocenters. The number of thiazole rings is 1. The second-order valence-electron chi connectivity index (χ2n) is 4.02. The molecule has 0 amide bonds. The first-order chi connectivity index (χ1) is 8.78. The first-order valence-electron chi connectivity index (χ1n) is 5.70. The third kappa shape index (κ3) is 2.06. The molecular formula is C13H12ClNO2S. The lowest BCUT2D eigenvalue weighted by molar-refractivity contribution is 0.171. The van der Waals surface area contributed by atoms with Crippen molar-refractivity contribution < 1.29 is 9.47 Å². The summed E-state index contributed by atoms with van der Waals surface area (Å²) in [7, 11) is 0. The van der Waals surface area contributed by atoms with Crippen LogP contribution >= 0.6 is 22.9 Å². The van der Waals surface area contributed by atoms with Crippen LogP contribution in [-0.2, 0) is 5.88 Å². The summed E-state index contributed by atoms with van der Waals surface area (Å²) in [5.74, 6) is 2.10. The van der Waals surface area contributed by atoms with E-state index in [0.717, 1.165) is 32.6 Å². The second-order valence-corrected chi connectivity index (χ2v) is 5.37. The molecule has 0 aliphatic carbocycles. The SMILES string of the molecule is Cc1nc(-c2ccc3c(c2)OCCO3)sc1CCl. The molecule has 2 heterocycles. The van der Waals surface area contributed by atoms with Gasteiger partial charge in [0.2, 0.25) is 0 Å². The van der Waals surface area contributed by atoms with Gasteiger partial charge in [-0.2, -0.15) is 0 Å². The van der Waals surface area contributed by atoms with E-state index in [0.29, 0.717) is 19.1 Å². The van der Waals surface area contributed by atoms with Crippen LogP contribution in [0.1, 0.15) is 10.6 Å². The fourth-order valence-corrected chi connectivity index (χ4v) is 3.12. The summed E-state index contributed by atoms with van der Waals surface area (Å²) < 4.78 is 11.1. The van der Waals surface area contributed by atoms with E-state index in [1.165, 1.54) is 0 Å². The summed E-state index contributed by atoms with van der Waals surface area (Å²) in [6.45, 7) is 3.19. The maximum Gasteiger partial charge on any atom is 0.162 e. The van der Waals surface area contributed by atoms with Gasteiger partial charge in [-0.3, -0.25) is 0 Å². The summed E-state index contributed by atoms with van der Waals surface area (Å²) in [6.07, 6.45) is 0. The van der Waals surface area contributed by atoms with Crippen LogP contribution in [0.5, 0.6) is 11.5 Å². The molecule has 0 N–H and O–H groups in total. The van der Waals surface area contributed by atoms with Crippen molar-refractivity contribution in [2.75, 3.05) is 13.2 Å². The molecule has 1 aliphatic heterocycles. The highest BCUT2D eigenvalue weighted by molar-refractivity contribution is 7.15. The molecule has 0 fully saturated rings. The lowest BCUT2D eigenvalue weighted by Crippen LogP contribution is -2.15. The quantitative estimate of drug-likeness (QED) is 0.788. The zero-order valence-corrected chi connectivity index (χ0v) is 11.5. The molecule has 0 spiro atoms. The van der Waals surface area contributed by atoms with Crippen LogP contribution < -0.4 is 9.47 Å². The molecular weight excluding hydrogens is 270 g/mol. The predicted octanol–water partition coefficient (Wildman–Crippen LogP) is 3.63. The normalized spacial score (nSPS) is 13.7. The van der Waals surface area contributed by atoms with Gasteiger partial charge in [-0.15, -0.1) is 22.9 Å². The molecule has 1 aromatic carbocycles. The van der Waals surface area contributed by atoms with Crippen LogP contribution in [0.4, 0.5) is 0 Å². The monoisotopic (exact) mass is 281 g/mol. The largest absolute Gasteiger partial charge is 0.486 e. The molecule has 0 radical (unpaired) electrons. The number of hydrogen-bond acceptors (Lipinski definition) is 4. The van der Waals surface area contributed by atoms with Gasteiger partial charge in [0.05, 0.1) is 11.6 Å². The van der Waals surface area contributed by atoms with Crippen molar-refractivity contribution in [2.24, 2.45) is 0 Å². The third-order valence-electron chi connectivity index (χ3n) is 2.80. The van der Waals surface area contributed by atoms with Gasteiger partial charge in [0.25, 0.3) is 0 Å². The number of halogens is 1. The van der Waals surface area contributed by atoms with Crippen LogP contribution in [-0.4, -0.2) is 18.2 Å². The molecule has 1 aromatic heterocycles. The highest BCUT2D eigenvalue weighted by Gasteiger charge is 2.14. The van der Waals surface area contributed by atoms with Crippen LogP contribution in [0.25, 0.3) is 10.6 Å². The zero-order chi connectivity index (χ0) is 12.5. The van der Waals surface area contributed by atoms with Gasteiger partial charge in [-0.1, -0.05) is 0 Å². The molecule has 1 aliphatic rings. The molecule has 94 valence electrons. The summed E-state index contributed by atoms with van der Waals surface area (Å²) in [6, 6.07) is 5.91. The fourth-order valence-electron chi connectivity index (χ4n) is 1.85. The molecule has 0 atom stereocenters. The third-order valence-corrected chi connectivity index (χ3v) is 4.44. The molecule has 2 aromatic rings. The maximum absolute atomic E-state index is 5.87. The second kappa shape index (κ2) is 4.78. The van der Waals surface area contributed by atoms with E-state index in [-0.39, 0.29) is 0 Å². The number of rotatable bonds is 2. The van der Waals surface area contributed by atoms with E-state index in [9.17, 15) is 0 Å². The topological polar surface area (TPSA) is 31.4 Å². The van der Waals surface area contributed by atoms with Gasteiger partial charge >= 0.3 is 0 Å². The molecule has 0 saturated carbocycles. The van der Waals surface area contributed by atoms with E-state index >= 15 is 0 Å². The van der Waals surface area contributed by atoms with Crippen LogP contribution in [0.15, 0.2) is 18.2 Å². The van der Waals surface area contributed by atoms with Crippen LogP contribution in [0.2, 0.25) is 0 Å². The molecule has 0 bridgehead atoms. The molecule has 18 heavy (non-hydrogen) atoms. The fraction of sp³-hybridized carbons (Fsp3) is 0.308. The van der Waals surface area contributed by atoms with Gasteiger partial charge in [0, 0.05) is 10.4 Å². The molecule has 3 nitrogen and oxygen atoms in total. The van der Waals surface area contributed by atoms with Crippen LogP contribution in [0.3, 0.4) is 0 Å². The first-order valence-corrected chi connectivity index (χ1v) is 7.05. The molecule has 3 rings (SSSR count). The standard InChI is InChI=1S/C13H12ClNO2S/c1-8-12(7-14)18-13(15-8)9-2-3-10-11(6-9)17-5-4-16-10/h2-3,6H,4-5,7H2,1H3. The minimum atomic E-state index is 0.508. The Kier molecular flexibility index (Phi) is 3.14. The van der Waals surface area contributed by atoms with Gasteiger partial charge in [-0.05, 0) is 25.1 Å². The Morgan fingerprint density at radius 1 is 1.28 bits per heavy atom. The van der Waals surface area contributed by atoms with Gasteiger partial charge < -0.3 is 9.47 Å². The van der Waals surface area contributed by atoms with Crippen molar-refractivity contribution in [3.8, 4) is 22.1 Å². The van der Waals surface area contributed by atoms with Crippen molar-refractivity contribution in [2.45, 2.75) is 12.8 Å². The lowest BCUT2D eigenvalue weighted by Gasteiger charge is -2.18. The van der Waals surface area contributed by atoms with Crippen molar-refractivity contribution in [3.63, 3.8) is 0 Å². The zero-order valence-electron chi connectivity index (χ0n) is 9.90. The summed E-state index contributed by atoms with van der Waals surface area (Å²) in [5.41, 5.74) is 2.05. The number of alkyl halides is 1. The number of ether oxygens (including phenoxy) is 2. The average Bonchev–Trinajstić information content (AvgIpc) is 2.79.